The Hall–Kier alpha value is -1.87. The summed E-state index contributed by atoms with van der Waals surface area (Å²) in [7, 11) is 1.26. The normalized spacial score (nSPS) is 12.2. The zero-order valence-electron chi connectivity index (χ0n) is 12.6. The summed E-state index contributed by atoms with van der Waals surface area (Å²) in [5, 5.41) is -0.0586. The van der Waals surface area contributed by atoms with Crippen LogP contribution in [-0.2, 0) is 29.1 Å². The van der Waals surface area contributed by atoms with Gasteiger partial charge in [0.05, 0.1) is 29.9 Å². The van der Waals surface area contributed by atoms with Crippen molar-refractivity contribution < 1.29 is 22.7 Å². The maximum atomic E-state index is 13.2. The minimum absolute atomic E-state index is 0.0551. The Balaban J connectivity index is 2.12. The van der Waals surface area contributed by atoms with Crippen molar-refractivity contribution in [3.8, 4) is 0 Å². The van der Waals surface area contributed by atoms with Crippen LogP contribution in [0.2, 0.25) is 5.02 Å². The summed E-state index contributed by atoms with van der Waals surface area (Å²) in [5.41, 5.74) is 1.34. The predicted octanol–water partition coefficient (Wildman–Crippen LogP) is 2.80. The van der Waals surface area contributed by atoms with Gasteiger partial charge in [0.15, 0.2) is 0 Å². The molecule has 128 valence electrons. The fourth-order valence-corrected chi connectivity index (χ4v) is 2.65. The third-order valence-electron chi connectivity index (χ3n) is 3.15. The van der Waals surface area contributed by atoms with Crippen molar-refractivity contribution in [2.45, 2.75) is 13.1 Å². The van der Waals surface area contributed by atoms with Crippen molar-refractivity contribution in [3.63, 3.8) is 0 Å². The molecule has 2 aromatic rings. The van der Waals surface area contributed by atoms with E-state index in [1.165, 1.54) is 41.9 Å². The van der Waals surface area contributed by atoms with Crippen LogP contribution < -0.4 is 0 Å². The Morgan fingerprint density at radius 1 is 1.38 bits per heavy atom. The smallest absolute Gasteiger partial charge is 0.339 e. The standard InChI is InChI=1S/C15H14ClFN2O4S/c1-23-15(20)11-3-4-12(18-7-11)9-19(24(21)22)8-10-2-5-14(17)13(16)6-10/h2-7H,8-9H2,1H3,(H,21,22). The molecule has 0 fully saturated rings. The largest absolute Gasteiger partial charge is 0.465 e. The first-order chi connectivity index (χ1) is 11.4. The fourth-order valence-electron chi connectivity index (χ4n) is 1.95. The number of carbonyl (C=O) groups excluding carboxylic acids is 1. The predicted molar refractivity (Wildman–Crippen MR) is 87.0 cm³/mol. The van der Waals surface area contributed by atoms with Gasteiger partial charge in [-0.05, 0) is 29.8 Å². The van der Waals surface area contributed by atoms with Crippen LogP contribution in [0.25, 0.3) is 0 Å². The van der Waals surface area contributed by atoms with Gasteiger partial charge in [-0.1, -0.05) is 17.7 Å². The number of benzene rings is 1. The minimum Gasteiger partial charge on any atom is -0.465 e. The van der Waals surface area contributed by atoms with Gasteiger partial charge in [-0.25, -0.2) is 13.4 Å². The number of nitrogens with zero attached hydrogens (tertiary/aromatic N) is 2. The Morgan fingerprint density at radius 3 is 2.67 bits per heavy atom. The van der Waals surface area contributed by atoms with E-state index in [0.29, 0.717) is 11.3 Å². The van der Waals surface area contributed by atoms with Crippen LogP contribution in [0.15, 0.2) is 36.5 Å². The lowest BCUT2D eigenvalue weighted by Crippen LogP contribution is -2.25. The molecule has 24 heavy (non-hydrogen) atoms. The highest BCUT2D eigenvalue weighted by Crippen LogP contribution is 2.18. The second-order valence-corrected chi connectivity index (χ2v) is 6.19. The molecule has 0 radical (unpaired) electrons. The highest BCUT2D eigenvalue weighted by molar-refractivity contribution is 7.76. The molecule has 1 unspecified atom stereocenters. The molecule has 0 spiro atoms. The number of halogens is 2. The van der Waals surface area contributed by atoms with Crippen molar-refractivity contribution >= 4 is 28.8 Å². The zero-order chi connectivity index (χ0) is 17.7. The van der Waals surface area contributed by atoms with E-state index in [4.69, 9.17) is 11.6 Å². The minimum atomic E-state index is -2.27. The van der Waals surface area contributed by atoms with Gasteiger partial charge in [0.25, 0.3) is 0 Å². The second kappa shape index (κ2) is 8.29. The quantitative estimate of drug-likeness (QED) is 0.623. The van der Waals surface area contributed by atoms with Crippen molar-refractivity contribution in [2.75, 3.05) is 7.11 Å². The molecule has 9 heteroatoms. The van der Waals surface area contributed by atoms with Crippen LogP contribution in [0.1, 0.15) is 21.6 Å². The maximum Gasteiger partial charge on any atom is 0.339 e. The number of carbonyl (C=O) groups is 1. The Bertz CT molecular complexity index is 758. The lowest BCUT2D eigenvalue weighted by atomic mass is 10.2. The number of esters is 1. The molecule has 1 aromatic carbocycles. The van der Waals surface area contributed by atoms with Crippen LogP contribution in [0.4, 0.5) is 4.39 Å². The molecule has 2 rings (SSSR count). The van der Waals surface area contributed by atoms with Crippen LogP contribution in [-0.4, -0.2) is 31.1 Å². The molecule has 0 saturated carbocycles. The highest BCUT2D eigenvalue weighted by atomic mass is 35.5. The van der Waals surface area contributed by atoms with E-state index in [0.717, 1.165) is 0 Å². The van der Waals surface area contributed by atoms with Crippen LogP contribution >= 0.6 is 11.6 Å². The van der Waals surface area contributed by atoms with E-state index in [2.05, 4.69) is 9.72 Å². The summed E-state index contributed by atoms with van der Waals surface area (Å²) in [6, 6.07) is 7.14. The first kappa shape index (κ1) is 18.5. The molecule has 0 aliphatic heterocycles. The van der Waals surface area contributed by atoms with Gasteiger partial charge in [-0.2, -0.15) is 4.31 Å². The number of hydrogen-bond acceptors (Lipinski definition) is 4. The van der Waals surface area contributed by atoms with E-state index in [1.807, 2.05) is 0 Å². The molecular weight excluding hydrogens is 359 g/mol. The van der Waals surface area contributed by atoms with Gasteiger partial charge < -0.3 is 4.74 Å². The molecule has 0 saturated heterocycles. The maximum absolute atomic E-state index is 13.2. The molecular formula is C15H14ClFN2O4S. The molecule has 1 atom stereocenters. The summed E-state index contributed by atoms with van der Waals surface area (Å²) < 4.78 is 39.9. The molecule has 0 amide bonds. The zero-order valence-corrected chi connectivity index (χ0v) is 14.2. The second-order valence-electron chi connectivity index (χ2n) is 4.81. The SMILES string of the molecule is COC(=O)c1ccc(CN(Cc2ccc(F)c(Cl)c2)S(=O)O)nc1. The third-order valence-corrected chi connectivity index (χ3v) is 4.14. The van der Waals surface area contributed by atoms with E-state index < -0.39 is 23.1 Å². The average molecular weight is 373 g/mol. The monoisotopic (exact) mass is 372 g/mol. The highest BCUT2D eigenvalue weighted by Gasteiger charge is 2.15. The molecule has 1 aromatic heterocycles. The van der Waals surface area contributed by atoms with Crippen molar-refractivity contribution in [1.82, 2.24) is 9.29 Å². The number of pyridine rings is 1. The Morgan fingerprint density at radius 2 is 2.12 bits per heavy atom. The fraction of sp³-hybridized carbons (Fsp3) is 0.200. The van der Waals surface area contributed by atoms with Gasteiger partial charge in [0, 0.05) is 12.7 Å². The van der Waals surface area contributed by atoms with Gasteiger partial charge in [0.2, 0.25) is 11.3 Å². The first-order valence-electron chi connectivity index (χ1n) is 6.74. The average Bonchev–Trinajstić information content (AvgIpc) is 2.57. The lowest BCUT2D eigenvalue weighted by Gasteiger charge is -2.17. The summed E-state index contributed by atoms with van der Waals surface area (Å²) in [4.78, 5) is 15.4. The van der Waals surface area contributed by atoms with Crippen molar-refractivity contribution in [3.05, 3.63) is 64.2 Å². The van der Waals surface area contributed by atoms with E-state index in [9.17, 15) is 17.9 Å². The van der Waals surface area contributed by atoms with Gasteiger partial charge in [0.1, 0.15) is 5.82 Å². The summed E-state index contributed by atoms with van der Waals surface area (Å²) in [6.45, 7) is 0.128. The van der Waals surface area contributed by atoms with Crippen LogP contribution in [0.5, 0.6) is 0 Å². The molecule has 1 heterocycles. The summed E-state index contributed by atoms with van der Waals surface area (Å²) >= 11 is 3.44. The van der Waals surface area contributed by atoms with Crippen molar-refractivity contribution in [2.24, 2.45) is 0 Å². The van der Waals surface area contributed by atoms with Crippen molar-refractivity contribution in [1.29, 1.82) is 0 Å². The number of hydrogen-bond donors (Lipinski definition) is 1. The number of ether oxygens (including phenoxy) is 1. The van der Waals surface area contributed by atoms with E-state index >= 15 is 0 Å². The molecule has 6 nitrogen and oxygen atoms in total. The Labute approximate surface area is 145 Å². The number of rotatable bonds is 6. The summed E-state index contributed by atoms with van der Waals surface area (Å²) in [5.74, 6) is -1.07. The first-order valence-corrected chi connectivity index (χ1v) is 8.18. The summed E-state index contributed by atoms with van der Waals surface area (Å²) in [6.07, 6.45) is 1.33. The molecule has 0 aliphatic rings. The van der Waals surface area contributed by atoms with E-state index in [-0.39, 0.29) is 23.7 Å². The topological polar surface area (TPSA) is 79.7 Å². The molecule has 0 bridgehead atoms. The van der Waals surface area contributed by atoms with Crippen LogP contribution in [0, 0.1) is 5.82 Å². The Kier molecular flexibility index (Phi) is 6.38. The van der Waals surface area contributed by atoms with Crippen LogP contribution in [0.3, 0.4) is 0 Å². The molecule has 1 N–H and O–H groups in total. The lowest BCUT2D eigenvalue weighted by molar-refractivity contribution is 0.0600. The molecule has 0 aliphatic carbocycles. The van der Waals surface area contributed by atoms with E-state index in [1.54, 1.807) is 6.07 Å². The van der Waals surface area contributed by atoms with Gasteiger partial charge in [-0.15, -0.1) is 0 Å². The number of aromatic nitrogens is 1. The van der Waals surface area contributed by atoms with Gasteiger partial charge in [-0.3, -0.25) is 9.54 Å². The number of methoxy groups -OCH3 is 1. The third kappa shape index (κ3) is 4.81. The van der Waals surface area contributed by atoms with Gasteiger partial charge >= 0.3 is 5.97 Å².